The van der Waals surface area contributed by atoms with Gasteiger partial charge in [0, 0.05) is 0 Å². The number of nitrogens with one attached hydrogen (secondary N) is 1. The summed E-state index contributed by atoms with van der Waals surface area (Å²) in [5, 5.41) is 4.61. The van der Waals surface area contributed by atoms with Crippen molar-refractivity contribution in [1.29, 1.82) is 0 Å². The Morgan fingerprint density at radius 3 is 2.33 bits per heavy atom. The fourth-order valence-corrected chi connectivity index (χ4v) is 1.38. The molecule has 0 unspecified atom stereocenters. The third-order valence-electron chi connectivity index (χ3n) is 1.45. The summed E-state index contributed by atoms with van der Waals surface area (Å²) in [5.41, 5.74) is -1.18. The summed E-state index contributed by atoms with van der Waals surface area (Å²) in [7, 11) is -4.06. The molecule has 0 aromatic heterocycles. The lowest BCUT2D eigenvalue weighted by molar-refractivity contribution is -0.137. The average Bonchev–Trinajstić information content (AvgIpc) is 1.99. The number of alkyl halides is 3. The zero-order valence-corrected chi connectivity index (χ0v) is 8.06. The molecule has 1 aromatic rings. The van der Waals surface area contributed by atoms with E-state index in [1.807, 2.05) is 0 Å². The third-order valence-corrected chi connectivity index (χ3v) is 1.97. The van der Waals surface area contributed by atoms with Crippen LogP contribution in [-0.2, 0) is 16.4 Å². The normalized spacial score (nSPS) is 12.5. The van der Waals surface area contributed by atoms with Gasteiger partial charge in [-0.15, -0.1) is 0 Å². The van der Waals surface area contributed by atoms with E-state index in [1.165, 1.54) is 6.07 Å². The number of hydrogen-bond acceptors (Lipinski definition) is 2. The van der Waals surface area contributed by atoms with Crippen LogP contribution in [-0.4, -0.2) is 8.42 Å². The maximum absolute atomic E-state index is 12.2. The molecule has 0 radical (unpaired) electrons. The number of halogens is 3. The fourth-order valence-electron chi connectivity index (χ4n) is 0.923. The zero-order chi connectivity index (χ0) is 11.7. The topological polar surface area (TPSA) is 72.2 Å². The predicted molar refractivity (Wildman–Crippen MR) is 48.2 cm³/mol. The number of benzene rings is 1. The summed E-state index contributed by atoms with van der Waals surface area (Å²) in [6.07, 6.45) is -4.52. The van der Waals surface area contributed by atoms with Crippen LogP contribution < -0.4 is 9.86 Å². The van der Waals surface area contributed by atoms with Crippen molar-refractivity contribution in [2.24, 2.45) is 5.14 Å². The molecule has 4 nitrogen and oxygen atoms in total. The molecule has 1 rings (SSSR count). The minimum atomic E-state index is -4.52. The van der Waals surface area contributed by atoms with Gasteiger partial charge in [0.05, 0.1) is 11.3 Å². The van der Waals surface area contributed by atoms with Crippen molar-refractivity contribution in [3.8, 4) is 0 Å². The number of rotatable bonds is 2. The van der Waals surface area contributed by atoms with Gasteiger partial charge >= 0.3 is 6.18 Å². The van der Waals surface area contributed by atoms with Crippen LogP contribution >= 0.6 is 0 Å². The van der Waals surface area contributed by atoms with E-state index in [-0.39, 0.29) is 5.69 Å². The number of nitrogens with two attached hydrogens (primary N) is 1. The van der Waals surface area contributed by atoms with Crippen LogP contribution in [0.3, 0.4) is 0 Å². The Labute approximate surface area is 84.1 Å². The Kier molecular flexibility index (Phi) is 2.91. The average molecular weight is 240 g/mol. The first-order valence-electron chi connectivity index (χ1n) is 3.66. The first-order valence-corrected chi connectivity index (χ1v) is 5.21. The smallest absolute Gasteiger partial charge is 0.271 e. The Morgan fingerprint density at radius 1 is 1.27 bits per heavy atom. The van der Waals surface area contributed by atoms with Gasteiger partial charge in [0.2, 0.25) is 0 Å². The molecule has 0 heterocycles. The van der Waals surface area contributed by atoms with Crippen molar-refractivity contribution in [3.05, 3.63) is 29.8 Å². The van der Waals surface area contributed by atoms with Crippen molar-refractivity contribution in [2.45, 2.75) is 6.18 Å². The quantitative estimate of drug-likeness (QED) is 0.818. The van der Waals surface area contributed by atoms with E-state index in [0.717, 1.165) is 12.1 Å². The van der Waals surface area contributed by atoms with Gasteiger partial charge in [-0.05, 0) is 18.2 Å². The lowest BCUT2D eigenvalue weighted by Gasteiger charge is -2.08. The van der Waals surface area contributed by atoms with E-state index < -0.39 is 21.9 Å². The van der Waals surface area contributed by atoms with Crippen LogP contribution in [0.1, 0.15) is 5.56 Å². The van der Waals surface area contributed by atoms with Crippen molar-refractivity contribution in [2.75, 3.05) is 4.72 Å². The van der Waals surface area contributed by atoms with Gasteiger partial charge in [-0.1, -0.05) is 6.07 Å². The Bertz CT molecular complexity index is 456. The molecule has 0 bridgehead atoms. The standard InChI is InChI=1S/C7H7F3N2O2S/c8-7(9,10)5-2-1-3-6(4-5)12-15(11,13)14/h1-4,12H,(H2,11,13,14). The summed E-state index contributed by atoms with van der Waals surface area (Å²) in [5.74, 6) is 0. The van der Waals surface area contributed by atoms with Crippen LogP contribution in [0.2, 0.25) is 0 Å². The third kappa shape index (κ3) is 3.76. The van der Waals surface area contributed by atoms with Gasteiger partial charge in [0.25, 0.3) is 10.2 Å². The first-order chi connectivity index (χ1) is 6.68. The van der Waals surface area contributed by atoms with Gasteiger partial charge < -0.3 is 0 Å². The van der Waals surface area contributed by atoms with E-state index in [9.17, 15) is 21.6 Å². The first kappa shape index (κ1) is 11.8. The van der Waals surface area contributed by atoms with Crippen molar-refractivity contribution < 1.29 is 21.6 Å². The van der Waals surface area contributed by atoms with Crippen LogP contribution in [0.25, 0.3) is 0 Å². The van der Waals surface area contributed by atoms with Crippen LogP contribution in [0.15, 0.2) is 24.3 Å². The van der Waals surface area contributed by atoms with Gasteiger partial charge in [0.15, 0.2) is 0 Å². The van der Waals surface area contributed by atoms with Crippen molar-refractivity contribution in [1.82, 2.24) is 0 Å². The van der Waals surface area contributed by atoms with Gasteiger partial charge in [-0.3, -0.25) is 4.72 Å². The molecule has 0 aliphatic rings. The summed E-state index contributed by atoms with van der Waals surface area (Å²) >= 11 is 0. The molecule has 1 aromatic carbocycles. The molecule has 0 aliphatic carbocycles. The van der Waals surface area contributed by atoms with Crippen molar-refractivity contribution in [3.63, 3.8) is 0 Å². The van der Waals surface area contributed by atoms with E-state index >= 15 is 0 Å². The summed E-state index contributed by atoms with van der Waals surface area (Å²) in [6, 6.07) is 3.73. The number of anilines is 1. The lowest BCUT2D eigenvalue weighted by atomic mass is 10.2. The molecule has 0 aliphatic heterocycles. The van der Waals surface area contributed by atoms with Crippen LogP contribution in [0.5, 0.6) is 0 Å². The monoisotopic (exact) mass is 240 g/mol. The summed E-state index contributed by atoms with van der Waals surface area (Å²) in [4.78, 5) is 0. The predicted octanol–water partition coefficient (Wildman–Crippen LogP) is 1.32. The van der Waals surface area contributed by atoms with Gasteiger partial charge in [0.1, 0.15) is 0 Å². The van der Waals surface area contributed by atoms with Crippen LogP contribution in [0, 0.1) is 0 Å². The second kappa shape index (κ2) is 3.70. The molecule has 3 N–H and O–H groups in total. The highest BCUT2D eigenvalue weighted by Crippen LogP contribution is 2.30. The molecule has 8 heteroatoms. The minimum Gasteiger partial charge on any atom is -0.271 e. The van der Waals surface area contributed by atoms with Crippen molar-refractivity contribution >= 4 is 15.9 Å². The van der Waals surface area contributed by atoms with E-state index in [0.29, 0.717) is 6.07 Å². The van der Waals surface area contributed by atoms with E-state index in [1.54, 1.807) is 4.72 Å². The number of hydrogen-bond donors (Lipinski definition) is 2. The van der Waals surface area contributed by atoms with Crippen LogP contribution in [0.4, 0.5) is 18.9 Å². The highest BCUT2D eigenvalue weighted by Gasteiger charge is 2.30. The fraction of sp³-hybridized carbons (Fsp3) is 0.143. The summed E-state index contributed by atoms with van der Waals surface area (Å²) < 4.78 is 59.4. The molecule has 0 spiro atoms. The lowest BCUT2D eigenvalue weighted by Crippen LogP contribution is -2.22. The largest absolute Gasteiger partial charge is 0.416 e. The molecule has 0 saturated carbocycles. The molecular formula is C7H7F3N2O2S. The molecule has 84 valence electrons. The van der Waals surface area contributed by atoms with E-state index in [4.69, 9.17) is 0 Å². The van der Waals surface area contributed by atoms with Gasteiger partial charge in [-0.2, -0.15) is 21.6 Å². The molecule has 15 heavy (non-hydrogen) atoms. The molecule has 0 fully saturated rings. The molecule has 0 amide bonds. The Balaban J connectivity index is 3.04. The molecule has 0 saturated heterocycles. The van der Waals surface area contributed by atoms with E-state index in [2.05, 4.69) is 5.14 Å². The molecule has 0 atom stereocenters. The Hall–Kier alpha value is -1.28. The highest BCUT2D eigenvalue weighted by atomic mass is 32.2. The summed E-state index contributed by atoms with van der Waals surface area (Å²) in [6.45, 7) is 0. The maximum Gasteiger partial charge on any atom is 0.416 e. The maximum atomic E-state index is 12.2. The Morgan fingerprint density at radius 2 is 1.87 bits per heavy atom. The zero-order valence-electron chi connectivity index (χ0n) is 7.25. The van der Waals surface area contributed by atoms with Gasteiger partial charge in [-0.25, -0.2) is 5.14 Å². The molecular weight excluding hydrogens is 233 g/mol. The minimum absolute atomic E-state index is 0.229. The highest BCUT2D eigenvalue weighted by molar-refractivity contribution is 7.90. The second-order valence-corrected chi connectivity index (χ2v) is 4.02. The second-order valence-electron chi connectivity index (χ2n) is 2.73. The SMILES string of the molecule is NS(=O)(=O)Nc1cccc(C(F)(F)F)c1.